The van der Waals surface area contributed by atoms with Crippen molar-refractivity contribution in [3.8, 4) is 11.1 Å². The fraction of sp³-hybridized carbons (Fsp3) is 0.286. The van der Waals surface area contributed by atoms with Crippen molar-refractivity contribution in [2.45, 2.75) is 52.6 Å². The largest absolute Gasteiger partial charge is 0.0776 e. The van der Waals surface area contributed by atoms with Gasteiger partial charge in [-0.2, -0.15) is 0 Å². The summed E-state index contributed by atoms with van der Waals surface area (Å²) in [5.74, 6) is 0. The SMILES string of the molecule is Cc1ccc2c(c1-c1cc([Si](C)(C)C)cc([Si](C)(C)C)c1)C=C(c1ccccc1)C2. The summed E-state index contributed by atoms with van der Waals surface area (Å²) in [4.78, 5) is 0. The summed E-state index contributed by atoms with van der Waals surface area (Å²) >= 11 is 0. The van der Waals surface area contributed by atoms with Gasteiger partial charge in [0, 0.05) is 0 Å². The predicted molar refractivity (Wildman–Crippen MR) is 141 cm³/mol. The Morgan fingerprint density at radius 2 is 1.27 bits per heavy atom. The summed E-state index contributed by atoms with van der Waals surface area (Å²) < 4.78 is 0. The van der Waals surface area contributed by atoms with Crippen molar-refractivity contribution in [3.05, 3.63) is 82.9 Å². The molecule has 0 aromatic heterocycles. The summed E-state index contributed by atoms with van der Waals surface area (Å²) in [5.41, 5.74) is 9.92. The third-order valence-corrected chi connectivity index (χ3v) is 10.4. The van der Waals surface area contributed by atoms with Crippen LogP contribution >= 0.6 is 0 Å². The highest BCUT2D eigenvalue weighted by molar-refractivity contribution is 6.91. The van der Waals surface area contributed by atoms with E-state index in [1.54, 1.807) is 10.4 Å². The minimum absolute atomic E-state index is 1.03. The first-order valence-electron chi connectivity index (χ1n) is 11.1. The Kier molecular flexibility index (Phi) is 5.28. The summed E-state index contributed by atoms with van der Waals surface area (Å²) in [6, 6.07) is 23.1. The van der Waals surface area contributed by atoms with Gasteiger partial charge in [-0.1, -0.05) is 110 Å². The maximum absolute atomic E-state index is 2.53. The molecule has 1 aliphatic carbocycles. The van der Waals surface area contributed by atoms with Gasteiger partial charge in [-0.3, -0.25) is 0 Å². The van der Waals surface area contributed by atoms with Crippen molar-refractivity contribution in [3.63, 3.8) is 0 Å². The third kappa shape index (κ3) is 4.04. The summed E-state index contributed by atoms with van der Waals surface area (Å²) in [6.45, 7) is 17.1. The van der Waals surface area contributed by atoms with Crippen LogP contribution in [-0.4, -0.2) is 16.1 Å². The van der Waals surface area contributed by atoms with Crippen molar-refractivity contribution >= 4 is 38.2 Å². The Hall–Kier alpha value is -2.17. The minimum Gasteiger partial charge on any atom is -0.0656 e. The molecule has 0 unspecified atom stereocenters. The van der Waals surface area contributed by atoms with Gasteiger partial charge in [-0.25, -0.2) is 0 Å². The first-order valence-corrected chi connectivity index (χ1v) is 18.1. The molecule has 1 aliphatic rings. The molecule has 0 atom stereocenters. The lowest BCUT2D eigenvalue weighted by Crippen LogP contribution is -2.45. The van der Waals surface area contributed by atoms with Gasteiger partial charge in [0.15, 0.2) is 0 Å². The van der Waals surface area contributed by atoms with Crippen LogP contribution in [0.3, 0.4) is 0 Å². The van der Waals surface area contributed by atoms with E-state index >= 15 is 0 Å². The second kappa shape index (κ2) is 7.51. The molecular formula is C28H34Si2. The Bertz CT molecular complexity index is 1090. The van der Waals surface area contributed by atoms with E-state index in [2.05, 4.69) is 113 Å². The van der Waals surface area contributed by atoms with Gasteiger partial charge in [0.05, 0.1) is 16.1 Å². The Morgan fingerprint density at radius 3 is 1.83 bits per heavy atom. The smallest absolute Gasteiger partial charge is 0.0656 e. The fourth-order valence-corrected chi connectivity index (χ4v) is 6.88. The molecule has 0 saturated heterocycles. The van der Waals surface area contributed by atoms with Crippen LogP contribution in [-0.2, 0) is 6.42 Å². The van der Waals surface area contributed by atoms with E-state index in [1.165, 1.54) is 39.0 Å². The highest BCUT2D eigenvalue weighted by Gasteiger charge is 2.25. The molecule has 0 spiro atoms. The van der Waals surface area contributed by atoms with Crippen LogP contribution in [0.2, 0.25) is 39.3 Å². The standard InChI is InChI=1S/C28H34Si2/c1-20-13-14-22-15-23(21-11-9-8-10-12-21)18-27(22)28(20)24-16-25(29(2,3)4)19-26(17-24)30(5,6)7/h8-14,16-19H,15H2,1-7H3. The minimum atomic E-state index is -1.41. The Balaban J connectivity index is 1.93. The second-order valence-electron chi connectivity index (χ2n) is 10.8. The van der Waals surface area contributed by atoms with E-state index in [4.69, 9.17) is 0 Å². The molecule has 154 valence electrons. The van der Waals surface area contributed by atoms with Gasteiger partial charge >= 0.3 is 0 Å². The van der Waals surface area contributed by atoms with Crippen LogP contribution in [0.4, 0.5) is 0 Å². The number of rotatable bonds is 4. The first-order chi connectivity index (χ1) is 14.0. The number of aryl methyl sites for hydroxylation is 1. The van der Waals surface area contributed by atoms with Crippen molar-refractivity contribution in [1.82, 2.24) is 0 Å². The number of hydrogen-bond donors (Lipinski definition) is 0. The summed E-state index contributed by atoms with van der Waals surface area (Å²) in [5, 5.41) is 3.17. The quantitative estimate of drug-likeness (QED) is 0.400. The number of fused-ring (bicyclic) bond motifs is 1. The first kappa shape index (κ1) is 21.1. The van der Waals surface area contributed by atoms with Gasteiger partial charge in [0.1, 0.15) is 0 Å². The topological polar surface area (TPSA) is 0 Å². The number of hydrogen-bond acceptors (Lipinski definition) is 0. The molecule has 2 heteroatoms. The van der Waals surface area contributed by atoms with Crippen LogP contribution < -0.4 is 10.4 Å². The van der Waals surface area contributed by atoms with E-state index in [0.717, 1.165) is 6.42 Å². The molecule has 0 aliphatic heterocycles. The lowest BCUT2D eigenvalue weighted by Gasteiger charge is -2.25. The molecule has 0 saturated carbocycles. The van der Waals surface area contributed by atoms with Gasteiger partial charge in [-0.15, -0.1) is 0 Å². The van der Waals surface area contributed by atoms with Crippen molar-refractivity contribution in [1.29, 1.82) is 0 Å². The molecule has 30 heavy (non-hydrogen) atoms. The molecule has 0 heterocycles. The lowest BCUT2D eigenvalue weighted by molar-refractivity contribution is 1.30. The summed E-state index contributed by atoms with van der Waals surface area (Å²) in [7, 11) is -2.82. The molecule has 0 nitrogen and oxygen atoms in total. The zero-order valence-corrected chi connectivity index (χ0v) is 21.6. The van der Waals surface area contributed by atoms with Crippen LogP contribution in [0, 0.1) is 6.92 Å². The van der Waals surface area contributed by atoms with E-state index in [1.807, 2.05) is 0 Å². The number of benzene rings is 3. The van der Waals surface area contributed by atoms with E-state index in [9.17, 15) is 0 Å². The predicted octanol–water partition coefficient (Wildman–Crippen LogP) is 6.85. The maximum Gasteiger partial charge on any atom is 0.0776 e. The monoisotopic (exact) mass is 426 g/mol. The maximum atomic E-state index is 2.53. The molecule has 3 aromatic rings. The molecule has 0 bridgehead atoms. The lowest BCUT2D eigenvalue weighted by atomic mass is 9.93. The molecule has 0 fully saturated rings. The van der Waals surface area contributed by atoms with Gasteiger partial charge in [0.2, 0.25) is 0 Å². The van der Waals surface area contributed by atoms with Crippen molar-refractivity contribution in [2.75, 3.05) is 0 Å². The molecule has 0 radical (unpaired) electrons. The average Bonchev–Trinajstić information content (AvgIpc) is 3.11. The van der Waals surface area contributed by atoms with E-state index in [-0.39, 0.29) is 0 Å². The van der Waals surface area contributed by atoms with Crippen LogP contribution in [0.15, 0.2) is 60.7 Å². The van der Waals surface area contributed by atoms with Gasteiger partial charge in [0.25, 0.3) is 0 Å². The van der Waals surface area contributed by atoms with Crippen LogP contribution in [0.25, 0.3) is 22.8 Å². The molecule has 0 amide bonds. The normalized spacial score (nSPS) is 13.9. The molecule has 0 N–H and O–H groups in total. The molecular weight excluding hydrogens is 392 g/mol. The highest BCUT2D eigenvalue weighted by atomic mass is 28.3. The van der Waals surface area contributed by atoms with Gasteiger partial charge < -0.3 is 0 Å². The highest BCUT2D eigenvalue weighted by Crippen LogP contribution is 2.39. The zero-order valence-electron chi connectivity index (χ0n) is 19.6. The zero-order chi connectivity index (χ0) is 21.7. The molecule has 4 rings (SSSR count). The van der Waals surface area contributed by atoms with Crippen LogP contribution in [0.5, 0.6) is 0 Å². The van der Waals surface area contributed by atoms with E-state index in [0.29, 0.717) is 0 Å². The average molecular weight is 427 g/mol. The van der Waals surface area contributed by atoms with Gasteiger partial charge in [-0.05, 0) is 58.4 Å². The third-order valence-electron chi connectivity index (χ3n) is 6.34. The van der Waals surface area contributed by atoms with E-state index < -0.39 is 16.1 Å². The second-order valence-corrected chi connectivity index (χ2v) is 21.0. The molecule has 3 aromatic carbocycles. The Labute approximate surface area is 184 Å². The van der Waals surface area contributed by atoms with Crippen molar-refractivity contribution < 1.29 is 0 Å². The summed E-state index contributed by atoms with van der Waals surface area (Å²) in [6.07, 6.45) is 3.48. The Morgan fingerprint density at radius 1 is 0.667 bits per heavy atom. The number of allylic oxidation sites excluding steroid dienone is 1. The van der Waals surface area contributed by atoms with Crippen molar-refractivity contribution in [2.24, 2.45) is 0 Å². The van der Waals surface area contributed by atoms with Crippen LogP contribution in [0.1, 0.15) is 22.3 Å². The fourth-order valence-electron chi connectivity index (χ4n) is 4.38.